The van der Waals surface area contributed by atoms with Crippen molar-refractivity contribution in [2.45, 2.75) is 110 Å². The molecule has 0 saturated heterocycles. The summed E-state index contributed by atoms with van der Waals surface area (Å²) in [4.78, 5) is 22.3. The summed E-state index contributed by atoms with van der Waals surface area (Å²) in [6, 6.07) is 0. The van der Waals surface area contributed by atoms with Gasteiger partial charge in [0.25, 0.3) is 0 Å². The maximum absolute atomic E-state index is 12.5. The molecule has 0 aromatic heterocycles. The highest BCUT2D eigenvalue weighted by Crippen LogP contribution is 2.43. The van der Waals surface area contributed by atoms with Gasteiger partial charge in [-0.3, -0.25) is 13.8 Å². The zero-order valence-corrected chi connectivity index (χ0v) is 31.7. The minimum absolute atomic E-state index is 0.0370. The normalized spacial score (nSPS) is 14.9. The lowest BCUT2D eigenvalue weighted by Crippen LogP contribution is -2.28. The van der Waals surface area contributed by atoms with Crippen LogP contribution in [0.15, 0.2) is 109 Å². The van der Waals surface area contributed by atoms with Gasteiger partial charge in [0.15, 0.2) is 0 Å². The highest BCUT2D eigenvalue weighted by atomic mass is 31.2. The summed E-state index contributed by atoms with van der Waals surface area (Å²) in [6.07, 6.45) is 49.9. The van der Waals surface area contributed by atoms with E-state index in [1.54, 1.807) is 0 Å². The maximum Gasteiger partial charge on any atom is 0.472 e. The van der Waals surface area contributed by atoms with Crippen molar-refractivity contribution in [1.82, 2.24) is 0 Å². The zero-order chi connectivity index (χ0) is 36.6. The first-order valence-electron chi connectivity index (χ1n) is 18.4. The average Bonchev–Trinajstić information content (AvgIpc) is 3.10. The molecule has 0 saturated carbocycles. The van der Waals surface area contributed by atoms with Crippen LogP contribution in [-0.2, 0) is 27.9 Å². The van der Waals surface area contributed by atoms with E-state index in [1.807, 2.05) is 6.08 Å². The number of hydrogen-bond donors (Lipinski definition) is 2. The van der Waals surface area contributed by atoms with Crippen molar-refractivity contribution in [3.05, 3.63) is 109 Å². The number of esters is 1. The molecule has 8 nitrogen and oxygen atoms in total. The first-order chi connectivity index (χ1) is 24.4. The van der Waals surface area contributed by atoms with Crippen LogP contribution in [0.5, 0.6) is 0 Å². The fourth-order valence-electron chi connectivity index (χ4n) is 4.11. The van der Waals surface area contributed by atoms with Gasteiger partial charge >= 0.3 is 13.8 Å². The van der Waals surface area contributed by atoms with E-state index in [2.05, 4.69) is 117 Å². The Bertz CT molecular complexity index is 1120. The molecule has 2 unspecified atom stereocenters. The molecule has 0 radical (unpaired) electrons. The molecule has 0 spiro atoms. The molecule has 0 aliphatic carbocycles. The Labute approximate surface area is 303 Å². The minimum atomic E-state index is -4.31. The van der Waals surface area contributed by atoms with Crippen molar-refractivity contribution >= 4 is 13.8 Å². The van der Waals surface area contributed by atoms with Crippen LogP contribution in [-0.4, -0.2) is 49.9 Å². The van der Waals surface area contributed by atoms with Crippen LogP contribution in [0.1, 0.15) is 104 Å². The molecule has 0 amide bonds. The summed E-state index contributed by atoms with van der Waals surface area (Å²) < 4.78 is 33.1. The predicted molar refractivity (Wildman–Crippen MR) is 210 cm³/mol. The molecule has 50 heavy (non-hydrogen) atoms. The lowest BCUT2D eigenvalue weighted by Gasteiger charge is -2.19. The number of rotatable bonds is 33. The number of phosphoric ester groups is 1. The highest BCUT2D eigenvalue weighted by molar-refractivity contribution is 7.47. The van der Waals surface area contributed by atoms with Crippen LogP contribution in [0, 0.1) is 0 Å². The van der Waals surface area contributed by atoms with Gasteiger partial charge in [0, 0.05) is 13.0 Å². The summed E-state index contributed by atoms with van der Waals surface area (Å²) in [6.45, 7) is 4.34. The highest BCUT2D eigenvalue weighted by Gasteiger charge is 2.25. The smallest absolute Gasteiger partial charge is 0.457 e. The third kappa shape index (κ3) is 36.4. The molecule has 0 aromatic carbocycles. The molecular weight excluding hydrogens is 649 g/mol. The Morgan fingerprint density at radius 1 is 0.600 bits per heavy atom. The summed E-state index contributed by atoms with van der Waals surface area (Å²) in [7, 11) is -4.31. The van der Waals surface area contributed by atoms with Gasteiger partial charge < -0.3 is 20.1 Å². The molecule has 9 heteroatoms. The fourth-order valence-corrected chi connectivity index (χ4v) is 4.87. The number of carbonyl (C=O) groups is 1. The van der Waals surface area contributed by atoms with Crippen molar-refractivity contribution in [2.24, 2.45) is 5.73 Å². The van der Waals surface area contributed by atoms with E-state index >= 15 is 0 Å². The van der Waals surface area contributed by atoms with E-state index < -0.39 is 19.9 Å². The molecule has 0 heterocycles. The van der Waals surface area contributed by atoms with Gasteiger partial charge in [0.05, 0.1) is 26.4 Å². The molecule has 0 aliphatic heterocycles. The molecule has 0 rings (SSSR count). The van der Waals surface area contributed by atoms with Crippen LogP contribution in [0.25, 0.3) is 0 Å². The van der Waals surface area contributed by atoms with Gasteiger partial charge in [-0.1, -0.05) is 123 Å². The Balaban J connectivity index is 4.35. The van der Waals surface area contributed by atoms with Crippen LogP contribution < -0.4 is 5.73 Å². The Kier molecular flexibility index (Phi) is 35.3. The number of phosphoric acid groups is 1. The summed E-state index contributed by atoms with van der Waals surface area (Å²) in [5, 5.41) is 0. The number of ether oxygens (including phenoxy) is 2. The maximum atomic E-state index is 12.5. The fraction of sp³-hybridized carbons (Fsp3) is 0.537. The van der Waals surface area contributed by atoms with Gasteiger partial charge in [0.2, 0.25) is 0 Å². The SMILES string of the molecule is CC/C=C\C/C=C\C/C=C\C/C=C\C/C=C\CCOCC(COP(=O)(O)OCCN)OC(=O)CCCC/C=C\C/C=C\C/C=C\C/C=C\CC. The molecule has 0 bridgehead atoms. The first-order valence-corrected chi connectivity index (χ1v) is 19.9. The summed E-state index contributed by atoms with van der Waals surface area (Å²) in [5.74, 6) is -0.402. The van der Waals surface area contributed by atoms with Crippen molar-refractivity contribution in [3.8, 4) is 0 Å². The molecule has 0 fully saturated rings. The monoisotopic (exact) mass is 715 g/mol. The van der Waals surface area contributed by atoms with Crippen molar-refractivity contribution in [3.63, 3.8) is 0 Å². The average molecular weight is 716 g/mol. The third-order valence-electron chi connectivity index (χ3n) is 6.70. The quantitative estimate of drug-likeness (QED) is 0.0298. The number of nitrogens with two attached hydrogens (primary N) is 1. The van der Waals surface area contributed by atoms with Crippen LogP contribution in [0.2, 0.25) is 0 Å². The van der Waals surface area contributed by atoms with Crippen molar-refractivity contribution in [1.29, 1.82) is 0 Å². The van der Waals surface area contributed by atoms with E-state index in [0.29, 0.717) is 19.4 Å². The van der Waals surface area contributed by atoms with Gasteiger partial charge in [-0.25, -0.2) is 4.57 Å². The lowest BCUT2D eigenvalue weighted by atomic mass is 10.2. The van der Waals surface area contributed by atoms with E-state index in [1.165, 1.54) is 0 Å². The number of carbonyl (C=O) groups excluding carboxylic acids is 1. The molecule has 0 aliphatic rings. The van der Waals surface area contributed by atoms with Crippen LogP contribution in [0.4, 0.5) is 0 Å². The van der Waals surface area contributed by atoms with E-state index in [-0.39, 0.29) is 32.8 Å². The van der Waals surface area contributed by atoms with Crippen LogP contribution >= 0.6 is 7.82 Å². The molecule has 0 aromatic rings. The van der Waals surface area contributed by atoms with Gasteiger partial charge in [0.1, 0.15) is 6.10 Å². The third-order valence-corrected chi connectivity index (χ3v) is 7.69. The minimum Gasteiger partial charge on any atom is -0.457 e. The van der Waals surface area contributed by atoms with Crippen molar-refractivity contribution < 1.29 is 32.8 Å². The van der Waals surface area contributed by atoms with Gasteiger partial charge in [-0.15, -0.1) is 0 Å². The second-order valence-corrected chi connectivity index (χ2v) is 12.8. The second kappa shape index (κ2) is 37.4. The second-order valence-electron chi connectivity index (χ2n) is 11.3. The topological polar surface area (TPSA) is 117 Å². The van der Waals surface area contributed by atoms with E-state index in [9.17, 15) is 14.3 Å². The first kappa shape index (κ1) is 47.2. The lowest BCUT2D eigenvalue weighted by molar-refractivity contribution is -0.154. The Morgan fingerprint density at radius 2 is 1.04 bits per heavy atom. The number of allylic oxidation sites excluding steroid dienone is 17. The standard InChI is InChI=1S/C41H66NO7P/c1-3-5-7-9-11-13-15-17-19-21-23-25-27-29-31-33-36-46-38-40(39-48-50(44,45)47-37-35-42)49-41(43)34-32-30-28-26-24-22-20-18-16-14-12-10-8-6-4-2/h5-8,11-14,17-20,23-26,29,31,40H,3-4,9-10,15-16,21-22,27-28,30,32-39,42H2,1-2H3,(H,44,45)/b7-5-,8-6-,13-11-,14-12-,19-17-,20-18-,25-23-,26-24-,31-29-. The Morgan fingerprint density at radius 3 is 1.50 bits per heavy atom. The molecule has 2 atom stereocenters. The number of unbranched alkanes of at least 4 members (excludes halogenated alkanes) is 2. The van der Waals surface area contributed by atoms with Gasteiger partial charge in [-0.2, -0.15) is 0 Å². The largest absolute Gasteiger partial charge is 0.472 e. The summed E-state index contributed by atoms with van der Waals surface area (Å²) >= 11 is 0. The molecule has 3 N–H and O–H groups in total. The Hall–Kier alpha value is -2.84. The van der Waals surface area contributed by atoms with E-state index in [0.717, 1.165) is 70.6 Å². The van der Waals surface area contributed by atoms with E-state index in [4.69, 9.17) is 24.3 Å². The van der Waals surface area contributed by atoms with Crippen molar-refractivity contribution in [2.75, 3.05) is 33.0 Å². The predicted octanol–water partition coefficient (Wildman–Crippen LogP) is 10.5. The number of hydrogen-bond acceptors (Lipinski definition) is 7. The molecule has 282 valence electrons. The summed E-state index contributed by atoms with van der Waals surface area (Å²) in [5.41, 5.74) is 5.34. The molecular formula is C41H66NO7P. The van der Waals surface area contributed by atoms with Gasteiger partial charge in [-0.05, 0) is 83.5 Å². The zero-order valence-electron chi connectivity index (χ0n) is 30.8. The van der Waals surface area contributed by atoms with Crippen LogP contribution in [0.3, 0.4) is 0 Å².